The molecule has 0 atom stereocenters. The van der Waals surface area contributed by atoms with Crippen LogP contribution in [0, 0.1) is 0 Å². The molecule has 1 fully saturated rings. The number of halogens is 1. The number of nitrogens with two attached hydrogens (primary N) is 1. The van der Waals surface area contributed by atoms with Gasteiger partial charge in [-0.25, -0.2) is 4.98 Å². The van der Waals surface area contributed by atoms with Crippen molar-refractivity contribution in [2.45, 2.75) is 18.9 Å². The average molecular weight is 246 g/mol. The lowest BCUT2D eigenvalue weighted by Gasteiger charge is -2.24. The van der Waals surface area contributed by atoms with Crippen LogP contribution >= 0.6 is 15.9 Å². The number of anilines is 1. The molecule has 2 rings (SSSR count). The third-order valence-electron chi connectivity index (χ3n) is 2.34. The lowest BCUT2D eigenvalue weighted by molar-refractivity contribution is 0.0696. The topological polar surface area (TPSA) is 53.1 Å². The van der Waals surface area contributed by atoms with E-state index >= 15 is 0 Å². The number of hydrogen-bond donors (Lipinski definition) is 1. The molecule has 1 aliphatic rings. The van der Waals surface area contributed by atoms with Gasteiger partial charge in [-0.05, 0) is 28.8 Å². The van der Waals surface area contributed by atoms with Gasteiger partial charge in [-0.3, -0.25) is 0 Å². The molecule has 0 aliphatic carbocycles. The van der Waals surface area contributed by atoms with Crippen molar-refractivity contribution >= 4 is 21.9 Å². The number of aromatic nitrogens is 2. The number of rotatable bonds is 1. The number of nitrogen functional groups attached to an aromatic ring is 1. The maximum absolute atomic E-state index is 5.75. The van der Waals surface area contributed by atoms with E-state index in [1.165, 1.54) is 0 Å². The Morgan fingerprint density at radius 2 is 2.23 bits per heavy atom. The van der Waals surface area contributed by atoms with Crippen LogP contribution in [-0.4, -0.2) is 22.8 Å². The van der Waals surface area contributed by atoms with Gasteiger partial charge in [0.2, 0.25) is 5.95 Å². The van der Waals surface area contributed by atoms with E-state index in [0.29, 0.717) is 12.0 Å². The fraction of sp³-hybridized carbons (Fsp3) is 0.625. The van der Waals surface area contributed by atoms with E-state index in [0.717, 1.165) is 30.7 Å². The van der Waals surface area contributed by atoms with Crippen molar-refractivity contribution in [3.8, 4) is 0 Å². The van der Waals surface area contributed by atoms with Crippen LogP contribution in [0.5, 0.6) is 0 Å². The van der Waals surface area contributed by atoms with E-state index in [1.807, 2.05) is 4.57 Å². The molecule has 4 nitrogen and oxygen atoms in total. The van der Waals surface area contributed by atoms with E-state index in [1.54, 1.807) is 6.20 Å². The highest BCUT2D eigenvalue weighted by Crippen LogP contribution is 2.27. The van der Waals surface area contributed by atoms with Crippen molar-refractivity contribution in [1.29, 1.82) is 0 Å². The SMILES string of the molecule is Nc1ncc(Br)n1C1CCOCC1. The minimum atomic E-state index is 0.436. The van der Waals surface area contributed by atoms with Crippen molar-refractivity contribution in [3.63, 3.8) is 0 Å². The number of nitrogens with zero attached hydrogens (tertiary/aromatic N) is 2. The largest absolute Gasteiger partial charge is 0.381 e. The Morgan fingerprint density at radius 3 is 2.77 bits per heavy atom. The molecule has 2 N–H and O–H groups in total. The molecule has 0 aromatic carbocycles. The minimum Gasteiger partial charge on any atom is -0.381 e. The number of hydrogen-bond acceptors (Lipinski definition) is 3. The molecule has 72 valence electrons. The summed E-state index contributed by atoms with van der Waals surface area (Å²) in [6, 6.07) is 0.436. The first-order valence-electron chi connectivity index (χ1n) is 4.35. The maximum Gasteiger partial charge on any atom is 0.201 e. The quantitative estimate of drug-likeness (QED) is 0.818. The first-order chi connectivity index (χ1) is 6.29. The van der Waals surface area contributed by atoms with E-state index < -0.39 is 0 Å². The molecule has 0 radical (unpaired) electrons. The van der Waals surface area contributed by atoms with E-state index in [4.69, 9.17) is 10.5 Å². The highest BCUT2D eigenvalue weighted by Gasteiger charge is 2.19. The van der Waals surface area contributed by atoms with Crippen LogP contribution < -0.4 is 5.73 Å². The first-order valence-corrected chi connectivity index (χ1v) is 5.14. The van der Waals surface area contributed by atoms with Crippen molar-refractivity contribution in [1.82, 2.24) is 9.55 Å². The maximum atomic E-state index is 5.75. The smallest absolute Gasteiger partial charge is 0.201 e. The summed E-state index contributed by atoms with van der Waals surface area (Å²) in [5.74, 6) is 0.582. The van der Waals surface area contributed by atoms with E-state index in [-0.39, 0.29) is 0 Å². The summed E-state index contributed by atoms with van der Waals surface area (Å²) in [5, 5.41) is 0. The highest BCUT2D eigenvalue weighted by atomic mass is 79.9. The van der Waals surface area contributed by atoms with Gasteiger partial charge in [0.05, 0.1) is 6.20 Å². The summed E-state index contributed by atoms with van der Waals surface area (Å²) < 4.78 is 8.27. The van der Waals surface area contributed by atoms with Gasteiger partial charge < -0.3 is 15.0 Å². The monoisotopic (exact) mass is 245 g/mol. The van der Waals surface area contributed by atoms with Gasteiger partial charge in [-0.15, -0.1) is 0 Å². The van der Waals surface area contributed by atoms with Crippen LogP contribution in [0.25, 0.3) is 0 Å². The van der Waals surface area contributed by atoms with Crippen LogP contribution in [0.4, 0.5) is 5.95 Å². The third kappa shape index (κ3) is 1.71. The Balaban J connectivity index is 2.22. The number of imidazole rings is 1. The molecule has 0 saturated carbocycles. The molecule has 5 heteroatoms. The lowest BCUT2D eigenvalue weighted by Crippen LogP contribution is -2.21. The van der Waals surface area contributed by atoms with Crippen molar-refractivity contribution in [2.24, 2.45) is 0 Å². The predicted octanol–water partition coefficient (Wildman–Crippen LogP) is 1.58. The Hall–Kier alpha value is -0.550. The summed E-state index contributed by atoms with van der Waals surface area (Å²) in [4.78, 5) is 4.04. The second-order valence-electron chi connectivity index (χ2n) is 3.15. The van der Waals surface area contributed by atoms with Gasteiger partial charge in [-0.1, -0.05) is 0 Å². The third-order valence-corrected chi connectivity index (χ3v) is 2.92. The molecular weight excluding hydrogens is 234 g/mol. The second-order valence-corrected chi connectivity index (χ2v) is 3.97. The van der Waals surface area contributed by atoms with Gasteiger partial charge in [0.1, 0.15) is 4.60 Å². The molecular formula is C8H12BrN3O. The summed E-state index contributed by atoms with van der Waals surface area (Å²) in [6.45, 7) is 1.63. The van der Waals surface area contributed by atoms with Crippen LogP contribution in [0.1, 0.15) is 18.9 Å². The second kappa shape index (κ2) is 3.67. The number of ether oxygens (including phenoxy) is 1. The molecule has 1 aromatic rings. The molecule has 0 amide bonds. The predicted molar refractivity (Wildman–Crippen MR) is 53.4 cm³/mol. The normalized spacial score (nSPS) is 19.2. The molecule has 0 bridgehead atoms. The Bertz CT molecular complexity index is 274. The van der Waals surface area contributed by atoms with Gasteiger partial charge in [0.25, 0.3) is 0 Å². The Morgan fingerprint density at radius 1 is 1.54 bits per heavy atom. The van der Waals surface area contributed by atoms with E-state index in [2.05, 4.69) is 20.9 Å². The zero-order chi connectivity index (χ0) is 9.26. The fourth-order valence-corrected chi connectivity index (χ4v) is 2.23. The zero-order valence-electron chi connectivity index (χ0n) is 7.24. The van der Waals surface area contributed by atoms with Crippen molar-refractivity contribution < 1.29 is 4.74 Å². The Kier molecular flexibility index (Phi) is 2.55. The van der Waals surface area contributed by atoms with Gasteiger partial charge in [0.15, 0.2) is 0 Å². The standard InChI is InChI=1S/C8H12BrN3O/c9-7-5-11-8(10)12(7)6-1-3-13-4-2-6/h5-6H,1-4H2,(H2,10,11). The summed E-state index contributed by atoms with van der Waals surface area (Å²) in [7, 11) is 0. The average Bonchev–Trinajstić information content (AvgIpc) is 2.48. The van der Waals surface area contributed by atoms with Crippen molar-refractivity contribution in [3.05, 3.63) is 10.8 Å². The minimum absolute atomic E-state index is 0.436. The molecule has 1 saturated heterocycles. The van der Waals surface area contributed by atoms with E-state index in [9.17, 15) is 0 Å². The zero-order valence-corrected chi connectivity index (χ0v) is 8.83. The highest BCUT2D eigenvalue weighted by molar-refractivity contribution is 9.10. The van der Waals surface area contributed by atoms with Gasteiger partial charge in [0, 0.05) is 19.3 Å². The molecule has 0 spiro atoms. The molecule has 1 aromatic heterocycles. The summed E-state index contributed by atoms with van der Waals surface area (Å²) >= 11 is 3.43. The van der Waals surface area contributed by atoms with Crippen LogP contribution in [0.15, 0.2) is 10.8 Å². The molecule has 0 unspecified atom stereocenters. The molecule has 1 aliphatic heterocycles. The molecule has 2 heterocycles. The molecule has 13 heavy (non-hydrogen) atoms. The van der Waals surface area contributed by atoms with Gasteiger partial charge in [-0.2, -0.15) is 0 Å². The van der Waals surface area contributed by atoms with Gasteiger partial charge >= 0.3 is 0 Å². The van der Waals surface area contributed by atoms with Crippen LogP contribution in [-0.2, 0) is 4.74 Å². The summed E-state index contributed by atoms with van der Waals surface area (Å²) in [6.07, 6.45) is 3.77. The van der Waals surface area contributed by atoms with Crippen molar-refractivity contribution in [2.75, 3.05) is 18.9 Å². The lowest BCUT2D eigenvalue weighted by atomic mass is 10.1. The summed E-state index contributed by atoms with van der Waals surface area (Å²) in [5.41, 5.74) is 5.75. The van der Waals surface area contributed by atoms with Crippen LogP contribution in [0.2, 0.25) is 0 Å². The Labute approximate surface area is 85.2 Å². The first kappa shape index (κ1) is 9.02. The van der Waals surface area contributed by atoms with Crippen LogP contribution in [0.3, 0.4) is 0 Å². The fourth-order valence-electron chi connectivity index (χ4n) is 1.66.